The second kappa shape index (κ2) is 9.88. The van der Waals surface area contributed by atoms with Crippen LogP contribution in [-0.4, -0.2) is 30.3 Å². The maximum absolute atomic E-state index is 12.2. The third-order valence-electron chi connectivity index (χ3n) is 3.77. The Kier molecular flexibility index (Phi) is 7.25. The highest BCUT2D eigenvalue weighted by molar-refractivity contribution is 8.18. The quantitative estimate of drug-likeness (QED) is 0.572. The van der Waals surface area contributed by atoms with E-state index in [1.54, 1.807) is 36.4 Å². The van der Waals surface area contributed by atoms with Crippen LogP contribution in [0.15, 0.2) is 41.3 Å². The second-order valence-corrected chi connectivity index (χ2v) is 7.79. The molecule has 1 aliphatic heterocycles. The summed E-state index contributed by atoms with van der Waals surface area (Å²) in [5, 5.41) is 5.17. The van der Waals surface area contributed by atoms with Gasteiger partial charge < -0.3 is 14.8 Å². The van der Waals surface area contributed by atoms with E-state index in [1.807, 2.05) is 6.92 Å². The molecule has 156 valence electrons. The molecule has 1 saturated heterocycles. The van der Waals surface area contributed by atoms with Crippen molar-refractivity contribution in [1.82, 2.24) is 5.32 Å². The molecule has 0 bridgehead atoms. The van der Waals surface area contributed by atoms with Crippen molar-refractivity contribution in [1.29, 1.82) is 0 Å². The molecule has 30 heavy (non-hydrogen) atoms. The van der Waals surface area contributed by atoms with Gasteiger partial charge in [0.1, 0.15) is 0 Å². The lowest BCUT2D eigenvalue weighted by Crippen LogP contribution is -2.20. The van der Waals surface area contributed by atoms with E-state index in [9.17, 15) is 14.4 Å². The molecular formula is C20H16Cl2N2O5S. The molecule has 0 atom stereocenters. The number of rotatable bonds is 7. The average molecular weight is 467 g/mol. The van der Waals surface area contributed by atoms with Crippen molar-refractivity contribution in [3.8, 4) is 11.5 Å². The topological polar surface area (TPSA) is 93.7 Å². The molecule has 2 aromatic rings. The number of amides is 3. The number of hydrogen-bond acceptors (Lipinski definition) is 6. The fraction of sp³-hybridized carbons (Fsp3) is 0.150. The van der Waals surface area contributed by atoms with Gasteiger partial charge >= 0.3 is 0 Å². The Morgan fingerprint density at radius 1 is 1.10 bits per heavy atom. The third-order valence-corrected chi connectivity index (χ3v) is 5.32. The van der Waals surface area contributed by atoms with Gasteiger partial charge in [-0.25, -0.2) is 0 Å². The van der Waals surface area contributed by atoms with Gasteiger partial charge in [-0.05, 0) is 60.7 Å². The molecule has 1 fully saturated rings. The van der Waals surface area contributed by atoms with Crippen LogP contribution >= 0.6 is 35.0 Å². The number of anilines is 1. The van der Waals surface area contributed by atoms with Gasteiger partial charge in [0.05, 0.1) is 21.6 Å². The second-order valence-electron chi connectivity index (χ2n) is 5.96. The molecule has 0 spiro atoms. The summed E-state index contributed by atoms with van der Waals surface area (Å²) in [7, 11) is 0. The number of carbonyl (C=O) groups is 3. The minimum Gasteiger partial charge on any atom is -0.490 e. The molecule has 10 heteroatoms. The normalized spacial score (nSPS) is 14.6. The van der Waals surface area contributed by atoms with Crippen molar-refractivity contribution >= 4 is 63.8 Å². The summed E-state index contributed by atoms with van der Waals surface area (Å²) >= 11 is 12.6. The van der Waals surface area contributed by atoms with E-state index >= 15 is 0 Å². The summed E-state index contributed by atoms with van der Waals surface area (Å²) in [6, 6.07) is 9.73. The summed E-state index contributed by atoms with van der Waals surface area (Å²) < 4.78 is 11.2. The van der Waals surface area contributed by atoms with E-state index < -0.39 is 11.1 Å². The summed E-state index contributed by atoms with van der Waals surface area (Å²) in [5.74, 6) is -0.0614. The zero-order valence-corrected chi connectivity index (χ0v) is 18.0. The van der Waals surface area contributed by atoms with Gasteiger partial charge in [0, 0.05) is 5.69 Å². The van der Waals surface area contributed by atoms with Gasteiger partial charge in [0.2, 0.25) is 0 Å². The van der Waals surface area contributed by atoms with Crippen LogP contribution in [0.25, 0.3) is 6.08 Å². The van der Waals surface area contributed by atoms with Crippen LogP contribution in [0.5, 0.6) is 11.5 Å². The fourth-order valence-electron chi connectivity index (χ4n) is 2.49. The Hall–Kier alpha value is -2.68. The molecule has 2 aromatic carbocycles. The SMILES string of the molecule is CCOc1cc(/C=C2\SC(=O)NC2=O)ccc1OCC(=O)Nc1ccc(Cl)c(Cl)c1. The zero-order valence-electron chi connectivity index (χ0n) is 15.7. The van der Waals surface area contributed by atoms with Crippen LogP contribution in [-0.2, 0) is 9.59 Å². The Bertz CT molecular complexity index is 1040. The monoisotopic (exact) mass is 466 g/mol. The van der Waals surface area contributed by atoms with Crippen LogP contribution in [0.1, 0.15) is 12.5 Å². The predicted octanol–water partition coefficient (Wildman–Crippen LogP) is 4.73. The molecule has 0 radical (unpaired) electrons. The van der Waals surface area contributed by atoms with E-state index in [1.165, 1.54) is 6.07 Å². The number of hydrogen-bond donors (Lipinski definition) is 2. The first kappa shape index (κ1) is 22.0. The van der Waals surface area contributed by atoms with Crippen molar-refractivity contribution in [3.05, 3.63) is 56.9 Å². The third kappa shape index (κ3) is 5.69. The van der Waals surface area contributed by atoms with E-state index in [0.717, 1.165) is 11.8 Å². The first-order valence-corrected chi connectivity index (χ1v) is 10.3. The standard InChI is InChI=1S/C20H16Cl2N2O5S/c1-2-28-16-7-11(8-17-19(26)24-20(27)30-17)3-6-15(16)29-10-18(25)23-12-4-5-13(21)14(22)9-12/h3-9H,2,10H2,1H3,(H,23,25)(H,24,26,27)/b17-8-. The highest BCUT2D eigenvalue weighted by atomic mass is 35.5. The molecule has 0 unspecified atom stereocenters. The van der Waals surface area contributed by atoms with Crippen molar-refractivity contribution < 1.29 is 23.9 Å². The summed E-state index contributed by atoms with van der Waals surface area (Å²) in [4.78, 5) is 35.4. The lowest BCUT2D eigenvalue weighted by molar-refractivity contribution is -0.118. The van der Waals surface area contributed by atoms with Gasteiger partial charge in [0.25, 0.3) is 17.1 Å². The Balaban J connectivity index is 1.68. The van der Waals surface area contributed by atoms with E-state index in [2.05, 4.69) is 10.6 Å². The first-order valence-electron chi connectivity index (χ1n) is 8.75. The molecule has 7 nitrogen and oxygen atoms in total. The van der Waals surface area contributed by atoms with E-state index in [4.69, 9.17) is 32.7 Å². The largest absolute Gasteiger partial charge is 0.490 e. The molecule has 2 N–H and O–H groups in total. The van der Waals surface area contributed by atoms with Crippen LogP contribution < -0.4 is 20.1 Å². The smallest absolute Gasteiger partial charge is 0.290 e. The minimum atomic E-state index is -0.442. The van der Waals surface area contributed by atoms with Crippen molar-refractivity contribution in [3.63, 3.8) is 0 Å². The number of benzene rings is 2. The number of ether oxygens (including phenoxy) is 2. The van der Waals surface area contributed by atoms with Crippen LogP contribution in [0.4, 0.5) is 10.5 Å². The first-order chi connectivity index (χ1) is 14.4. The number of carbonyl (C=O) groups excluding carboxylic acids is 3. The Morgan fingerprint density at radius 2 is 1.90 bits per heavy atom. The fourth-order valence-corrected chi connectivity index (χ4v) is 3.47. The van der Waals surface area contributed by atoms with Crippen LogP contribution in [0, 0.1) is 0 Å². The maximum atomic E-state index is 12.2. The summed E-state index contributed by atoms with van der Waals surface area (Å²) in [6.45, 7) is 1.93. The van der Waals surface area contributed by atoms with Gasteiger partial charge in [-0.1, -0.05) is 29.3 Å². The maximum Gasteiger partial charge on any atom is 0.290 e. The summed E-state index contributed by atoms with van der Waals surface area (Å²) in [6.07, 6.45) is 1.58. The van der Waals surface area contributed by atoms with E-state index in [0.29, 0.717) is 39.4 Å². The molecule has 0 aliphatic carbocycles. The molecule has 0 aromatic heterocycles. The number of nitrogens with one attached hydrogen (secondary N) is 2. The minimum absolute atomic E-state index is 0.256. The molecule has 3 amide bonds. The Morgan fingerprint density at radius 3 is 2.57 bits per heavy atom. The van der Waals surface area contributed by atoms with Crippen molar-refractivity contribution in [2.24, 2.45) is 0 Å². The molecule has 0 saturated carbocycles. The van der Waals surface area contributed by atoms with Crippen LogP contribution in [0.2, 0.25) is 10.0 Å². The molecule has 1 aliphatic rings. The van der Waals surface area contributed by atoms with Crippen molar-refractivity contribution in [2.45, 2.75) is 6.92 Å². The van der Waals surface area contributed by atoms with Gasteiger partial charge in [-0.2, -0.15) is 0 Å². The van der Waals surface area contributed by atoms with Gasteiger partial charge in [-0.3, -0.25) is 19.7 Å². The lowest BCUT2D eigenvalue weighted by Gasteiger charge is -2.13. The zero-order chi connectivity index (χ0) is 21.7. The highest BCUT2D eigenvalue weighted by Crippen LogP contribution is 2.32. The van der Waals surface area contributed by atoms with Gasteiger partial charge in [0.15, 0.2) is 18.1 Å². The van der Waals surface area contributed by atoms with Crippen molar-refractivity contribution in [2.75, 3.05) is 18.5 Å². The predicted molar refractivity (Wildman–Crippen MR) is 117 cm³/mol. The molecule has 3 rings (SSSR count). The Labute approximate surface area is 186 Å². The van der Waals surface area contributed by atoms with Gasteiger partial charge in [-0.15, -0.1) is 0 Å². The number of thioether (sulfide) groups is 1. The molecule has 1 heterocycles. The number of imide groups is 1. The average Bonchev–Trinajstić information content (AvgIpc) is 3.01. The number of halogens is 2. The lowest BCUT2D eigenvalue weighted by atomic mass is 10.2. The van der Waals surface area contributed by atoms with E-state index in [-0.39, 0.29) is 17.4 Å². The van der Waals surface area contributed by atoms with Crippen LogP contribution in [0.3, 0.4) is 0 Å². The highest BCUT2D eigenvalue weighted by Gasteiger charge is 2.25. The summed E-state index contributed by atoms with van der Waals surface area (Å²) in [5.41, 5.74) is 1.14. The molecular weight excluding hydrogens is 451 g/mol.